The number of para-hydroxylation sites is 1. The molecule has 1 aliphatic rings. The van der Waals surface area contributed by atoms with Crippen LogP contribution >= 0.6 is 0 Å². The molecule has 0 aliphatic heterocycles. The number of pyridine rings is 1. The van der Waals surface area contributed by atoms with Crippen molar-refractivity contribution in [2.75, 3.05) is 0 Å². The lowest BCUT2D eigenvalue weighted by Gasteiger charge is -2.05. The Morgan fingerprint density at radius 3 is 2.74 bits per heavy atom. The summed E-state index contributed by atoms with van der Waals surface area (Å²) in [7, 11) is 0. The van der Waals surface area contributed by atoms with E-state index in [0.717, 1.165) is 62.9 Å². The highest BCUT2D eigenvalue weighted by atomic mass is 16.3. The molecule has 5 aromatic rings. The maximum atomic E-state index is 6.31. The minimum absolute atomic E-state index is 0.796. The van der Waals surface area contributed by atoms with Crippen LogP contribution in [0, 0.1) is 6.92 Å². The molecular formula is C24H17NO2. The van der Waals surface area contributed by atoms with E-state index in [1.807, 2.05) is 18.2 Å². The van der Waals surface area contributed by atoms with Crippen molar-refractivity contribution in [2.24, 2.45) is 0 Å². The lowest BCUT2D eigenvalue weighted by atomic mass is 9.99. The molecule has 2 aromatic carbocycles. The van der Waals surface area contributed by atoms with Crippen LogP contribution in [0.15, 0.2) is 63.4 Å². The van der Waals surface area contributed by atoms with Crippen molar-refractivity contribution < 1.29 is 8.83 Å². The summed E-state index contributed by atoms with van der Waals surface area (Å²) in [5, 5.41) is 1.05. The molecule has 0 unspecified atom stereocenters. The van der Waals surface area contributed by atoms with Crippen molar-refractivity contribution in [3.8, 4) is 11.1 Å². The molecule has 3 nitrogen and oxygen atoms in total. The number of benzene rings is 2. The van der Waals surface area contributed by atoms with Gasteiger partial charge in [-0.05, 0) is 43.5 Å². The van der Waals surface area contributed by atoms with Crippen LogP contribution in [0.4, 0.5) is 0 Å². The summed E-state index contributed by atoms with van der Waals surface area (Å²) in [6.07, 6.45) is 6.21. The Bertz CT molecular complexity index is 1380. The molecule has 0 spiro atoms. The normalized spacial score (nSPS) is 13.7. The van der Waals surface area contributed by atoms with Crippen LogP contribution < -0.4 is 0 Å². The molecule has 3 heteroatoms. The largest absolute Gasteiger partial charge is 0.454 e. The highest BCUT2D eigenvalue weighted by molar-refractivity contribution is 6.14. The van der Waals surface area contributed by atoms with Crippen LogP contribution in [-0.2, 0) is 6.42 Å². The third-order valence-corrected chi connectivity index (χ3v) is 5.39. The van der Waals surface area contributed by atoms with Crippen molar-refractivity contribution in [3.05, 3.63) is 71.5 Å². The molecule has 0 N–H and O–H groups in total. The molecule has 6 rings (SSSR count). The Morgan fingerprint density at radius 2 is 1.81 bits per heavy atom. The van der Waals surface area contributed by atoms with Gasteiger partial charge in [-0.15, -0.1) is 0 Å². The van der Waals surface area contributed by atoms with Gasteiger partial charge in [-0.1, -0.05) is 48.0 Å². The fraction of sp³-hybridized carbons (Fsp3) is 0.125. The number of furan rings is 2. The van der Waals surface area contributed by atoms with Crippen molar-refractivity contribution in [3.63, 3.8) is 0 Å². The SMILES string of the molecule is Cc1cccc(-c2c3oc4c(c3nc3c2oc2ccccc23)CCC=C4)c1. The Kier molecular flexibility index (Phi) is 2.92. The van der Waals surface area contributed by atoms with Gasteiger partial charge in [-0.2, -0.15) is 0 Å². The zero-order valence-corrected chi connectivity index (χ0v) is 15.0. The second-order valence-electron chi connectivity index (χ2n) is 7.20. The molecule has 3 heterocycles. The fourth-order valence-electron chi connectivity index (χ4n) is 4.15. The number of aryl methyl sites for hydroxylation is 2. The summed E-state index contributed by atoms with van der Waals surface area (Å²) >= 11 is 0. The van der Waals surface area contributed by atoms with Crippen LogP contribution in [0.2, 0.25) is 0 Å². The first-order chi connectivity index (χ1) is 13.3. The van der Waals surface area contributed by atoms with Crippen LogP contribution in [0.3, 0.4) is 0 Å². The number of fused-ring (bicyclic) bond motifs is 6. The summed E-state index contributed by atoms with van der Waals surface area (Å²) in [6, 6.07) is 16.6. The summed E-state index contributed by atoms with van der Waals surface area (Å²) in [4.78, 5) is 5.03. The molecule has 130 valence electrons. The summed E-state index contributed by atoms with van der Waals surface area (Å²) < 4.78 is 12.6. The van der Waals surface area contributed by atoms with Gasteiger partial charge in [0.1, 0.15) is 22.4 Å². The fourth-order valence-corrected chi connectivity index (χ4v) is 4.15. The number of nitrogens with zero attached hydrogens (tertiary/aromatic N) is 1. The quantitative estimate of drug-likeness (QED) is 0.339. The Labute approximate surface area is 155 Å². The molecule has 0 bridgehead atoms. The van der Waals surface area contributed by atoms with Gasteiger partial charge in [-0.25, -0.2) is 4.98 Å². The van der Waals surface area contributed by atoms with Gasteiger partial charge in [0.05, 0.1) is 5.56 Å². The molecule has 0 atom stereocenters. The van der Waals surface area contributed by atoms with Crippen molar-refractivity contribution in [1.82, 2.24) is 4.98 Å². The lowest BCUT2D eigenvalue weighted by molar-refractivity contribution is 0.595. The van der Waals surface area contributed by atoms with Crippen LogP contribution in [0.5, 0.6) is 0 Å². The zero-order chi connectivity index (χ0) is 18.0. The standard InChI is InChI=1S/C24H17NO2/c1-14-7-6-8-15(13-14)20-23-21(16-9-2-4-11-18(16)26-23)25-22-17-10-3-5-12-19(17)27-24(20)22/h2,4-9,11-13H,3,10H2,1H3. The average Bonchev–Trinajstić information content (AvgIpc) is 3.24. The molecule has 27 heavy (non-hydrogen) atoms. The zero-order valence-electron chi connectivity index (χ0n) is 15.0. The summed E-state index contributed by atoms with van der Waals surface area (Å²) in [5.74, 6) is 0.926. The molecule has 1 aliphatic carbocycles. The lowest BCUT2D eigenvalue weighted by Crippen LogP contribution is -1.91. The Hall–Kier alpha value is -3.33. The molecular weight excluding hydrogens is 334 g/mol. The van der Waals surface area contributed by atoms with E-state index >= 15 is 0 Å². The monoisotopic (exact) mass is 351 g/mol. The average molecular weight is 351 g/mol. The molecule has 0 radical (unpaired) electrons. The second-order valence-corrected chi connectivity index (χ2v) is 7.20. The van der Waals surface area contributed by atoms with Gasteiger partial charge in [0.15, 0.2) is 11.2 Å². The number of rotatable bonds is 1. The van der Waals surface area contributed by atoms with Gasteiger partial charge < -0.3 is 8.83 Å². The van der Waals surface area contributed by atoms with Gasteiger partial charge >= 0.3 is 0 Å². The first-order valence-corrected chi connectivity index (χ1v) is 9.30. The van der Waals surface area contributed by atoms with E-state index in [-0.39, 0.29) is 0 Å². The van der Waals surface area contributed by atoms with E-state index in [4.69, 9.17) is 13.8 Å². The van der Waals surface area contributed by atoms with Crippen LogP contribution in [0.25, 0.3) is 50.4 Å². The number of hydrogen-bond donors (Lipinski definition) is 0. The molecule has 0 amide bonds. The van der Waals surface area contributed by atoms with E-state index in [1.54, 1.807) is 0 Å². The van der Waals surface area contributed by atoms with Gasteiger partial charge in [0.25, 0.3) is 0 Å². The first-order valence-electron chi connectivity index (χ1n) is 9.30. The topological polar surface area (TPSA) is 39.2 Å². The van der Waals surface area contributed by atoms with E-state index in [0.29, 0.717) is 0 Å². The third kappa shape index (κ3) is 2.05. The first kappa shape index (κ1) is 14.8. The molecule has 3 aromatic heterocycles. The number of aromatic nitrogens is 1. The minimum Gasteiger partial charge on any atom is -0.454 e. The molecule has 0 saturated carbocycles. The van der Waals surface area contributed by atoms with Crippen molar-refractivity contribution in [1.29, 1.82) is 0 Å². The van der Waals surface area contributed by atoms with Crippen LogP contribution in [-0.4, -0.2) is 4.98 Å². The highest BCUT2D eigenvalue weighted by Crippen LogP contribution is 2.43. The van der Waals surface area contributed by atoms with Gasteiger partial charge in [0, 0.05) is 10.9 Å². The summed E-state index contributed by atoms with van der Waals surface area (Å²) in [5.41, 5.74) is 8.85. The summed E-state index contributed by atoms with van der Waals surface area (Å²) in [6.45, 7) is 2.10. The maximum Gasteiger partial charge on any atom is 0.165 e. The number of hydrogen-bond acceptors (Lipinski definition) is 3. The second kappa shape index (κ2) is 5.34. The smallest absolute Gasteiger partial charge is 0.165 e. The van der Waals surface area contributed by atoms with E-state index in [1.165, 1.54) is 11.1 Å². The van der Waals surface area contributed by atoms with Crippen molar-refractivity contribution >= 4 is 39.2 Å². The predicted octanol–water partition coefficient (Wildman–Crippen LogP) is 6.66. The Morgan fingerprint density at radius 1 is 0.926 bits per heavy atom. The van der Waals surface area contributed by atoms with Crippen LogP contribution in [0.1, 0.15) is 23.3 Å². The van der Waals surface area contributed by atoms with Gasteiger partial charge in [-0.3, -0.25) is 0 Å². The third-order valence-electron chi connectivity index (χ3n) is 5.39. The van der Waals surface area contributed by atoms with Crippen molar-refractivity contribution in [2.45, 2.75) is 19.8 Å². The van der Waals surface area contributed by atoms with E-state index in [2.05, 4.69) is 49.4 Å². The maximum absolute atomic E-state index is 6.31. The Balaban J connectivity index is 1.85. The highest BCUT2D eigenvalue weighted by Gasteiger charge is 2.24. The molecule has 0 fully saturated rings. The number of allylic oxidation sites excluding steroid dienone is 1. The van der Waals surface area contributed by atoms with E-state index in [9.17, 15) is 0 Å². The van der Waals surface area contributed by atoms with Gasteiger partial charge in [0.2, 0.25) is 0 Å². The van der Waals surface area contributed by atoms with E-state index < -0.39 is 0 Å². The predicted molar refractivity (Wildman–Crippen MR) is 109 cm³/mol. The minimum atomic E-state index is 0.796. The molecule has 0 saturated heterocycles.